The van der Waals surface area contributed by atoms with Crippen molar-refractivity contribution in [1.82, 2.24) is 10.5 Å². The molecule has 25 heavy (non-hydrogen) atoms. The van der Waals surface area contributed by atoms with Gasteiger partial charge in [0.25, 0.3) is 0 Å². The maximum Gasteiger partial charge on any atom is 0.413 e. The lowest BCUT2D eigenvalue weighted by atomic mass is 10.0. The van der Waals surface area contributed by atoms with Crippen LogP contribution >= 0.6 is 0 Å². The number of aromatic nitrogens is 1. The summed E-state index contributed by atoms with van der Waals surface area (Å²) in [5.74, 6) is 1.63. The Bertz CT molecular complexity index is 715. The van der Waals surface area contributed by atoms with Crippen LogP contribution in [-0.4, -0.2) is 48.3 Å². The molecule has 3 rings (SSSR count). The number of ether oxygens (including phenoxy) is 2. The predicted octanol–water partition coefficient (Wildman–Crippen LogP) is 1.48. The Morgan fingerprint density at radius 3 is 2.84 bits per heavy atom. The van der Waals surface area contributed by atoms with Gasteiger partial charge in [-0.3, -0.25) is 5.32 Å². The Kier molecular flexibility index (Phi) is 5.20. The average molecular weight is 347 g/mol. The quantitative estimate of drug-likeness (QED) is 0.752. The van der Waals surface area contributed by atoms with Crippen molar-refractivity contribution in [1.29, 1.82) is 0 Å². The average Bonchev–Trinajstić information content (AvgIpc) is 3.15. The smallest absolute Gasteiger partial charge is 0.413 e. The first kappa shape index (κ1) is 17.2. The summed E-state index contributed by atoms with van der Waals surface area (Å²) >= 11 is 0. The van der Waals surface area contributed by atoms with E-state index in [9.17, 15) is 9.90 Å². The van der Waals surface area contributed by atoms with Crippen LogP contribution < -0.4 is 15.4 Å². The monoisotopic (exact) mass is 347 g/mol. The number of nitrogens with one attached hydrogen (secondary N) is 2. The van der Waals surface area contributed by atoms with Gasteiger partial charge < -0.3 is 24.4 Å². The molecule has 134 valence electrons. The molecule has 0 radical (unpaired) electrons. The number of β-amino-alcohol motifs (C(OH)–C–C–N with tert-alkyl or cyclic N) is 1. The van der Waals surface area contributed by atoms with Gasteiger partial charge in [-0.25, -0.2) is 4.79 Å². The minimum absolute atomic E-state index is 0.187. The van der Waals surface area contributed by atoms with Gasteiger partial charge in [-0.1, -0.05) is 17.3 Å². The first-order valence-electron chi connectivity index (χ1n) is 8.00. The largest absolute Gasteiger partial charge is 0.497 e. The molecule has 0 saturated carbocycles. The zero-order valence-electron chi connectivity index (χ0n) is 14.1. The van der Waals surface area contributed by atoms with Gasteiger partial charge in [0.05, 0.1) is 13.2 Å². The van der Waals surface area contributed by atoms with E-state index in [1.165, 1.54) is 0 Å². The van der Waals surface area contributed by atoms with Crippen molar-refractivity contribution >= 4 is 11.9 Å². The van der Waals surface area contributed by atoms with E-state index < -0.39 is 18.3 Å². The molecule has 2 aromatic rings. The molecule has 8 heteroatoms. The second kappa shape index (κ2) is 7.54. The molecule has 3 N–H and O–H groups in total. The zero-order valence-corrected chi connectivity index (χ0v) is 14.1. The number of methoxy groups -OCH3 is 1. The van der Waals surface area contributed by atoms with Gasteiger partial charge in [-0.15, -0.1) is 0 Å². The molecule has 0 spiro atoms. The van der Waals surface area contributed by atoms with Gasteiger partial charge in [-0.2, -0.15) is 0 Å². The number of aliphatic hydroxyl groups is 1. The number of amides is 1. The summed E-state index contributed by atoms with van der Waals surface area (Å²) in [7, 11) is 1.61. The third-order valence-corrected chi connectivity index (χ3v) is 4.08. The molecule has 1 amide bonds. The summed E-state index contributed by atoms with van der Waals surface area (Å²) in [6, 6.07) is 9.03. The summed E-state index contributed by atoms with van der Waals surface area (Å²) in [4.78, 5) is 12.0. The lowest BCUT2D eigenvalue weighted by Gasteiger charge is -2.22. The highest BCUT2D eigenvalue weighted by Gasteiger charge is 2.37. The highest BCUT2D eigenvalue weighted by Crippen LogP contribution is 2.20. The number of nitrogens with zero attached hydrogens (tertiary/aromatic N) is 1. The number of benzene rings is 1. The SMILES string of the molecule is COc1ccc(C[C@H]2NC[C@H](O)[C@H]2OC(=O)Nc2cc(C)on2)cc1. The van der Waals surface area contributed by atoms with Crippen LogP contribution in [0.25, 0.3) is 0 Å². The van der Waals surface area contributed by atoms with E-state index in [2.05, 4.69) is 15.8 Å². The predicted molar refractivity (Wildman–Crippen MR) is 89.6 cm³/mol. The van der Waals surface area contributed by atoms with Crippen molar-refractivity contribution in [2.75, 3.05) is 19.0 Å². The lowest BCUT2D eigenvalue weighted by molar-refractivity contribution is 0.0254. The fraction of sp³-hybridized carbons (Fsp3) is 0.412. The van der Waals surface area contributed by atoms with E-state index in [0.717, 1.165) is 11.3 Å². The van der Waals surface area contributed by atoms with E-state index >= 15 is 0 Å². The highest BCUT2D eigenvalue weighted by atomic mass is 16.6. The summed E-state index contributed by atoms with van der Waals surface area (Å²) in [5.41, 5.74) is 1.05. The van der Waals surface area contributed by atoms with E-state index in [1.54, 1.807) is 20.1 Å². The molecule has 1 fully saturated rings. The molecular weight excluding hydrogens is 326 g/mol. The normalized spacial score (nSPS) is 22.6. The topological polar surface area (TPSA) is 106 Å². The van der Waals surface area contributed by atoms with Crippen LogP contribution in [0.2, 0.25) is 0 Å². The molecule has 1 saturated heterocycles. The van der Waals surface area contributed by atoms with E-state index in [-0.39, 0.29) is 11.9 Å². The first-order valence-corrected chi connectivity index (χ1v) is 8.00. The standard InChI is InChI=1S/C17H21N3O5/c1-10-7-15(20-25-10)19-17(22)24-16-13(18-9-14(16)21)8-11-3-5-12(23-2)6-4-11/h3-7,13-14,16,18,21H,8-9H2,1-2H3,(H,19,20,22)/t13-,14+,16+/m1/s1. The van der Waals surface area contributed by atoms with Gasteiger partial charge in [0.2, 0.25) is 0 Å². The van der Waals surface area contributed by atoms with Gasteiger partial charge in [0, 0.05) is 12.6 Å². The molecule has 1 aromatic heterocycles. The Morgan fingerprint density at radius 1 is 1.44 bits per heavy atom. The molecule has 0 unspecified atom stereocenters. The number of rotatable bonds is 5. The van der Waals surface area contributed by atoms with E-state index in [4.69, 9.17) is 14.0 Å². The van der Waals surface area contributed by atoms with Crippen molar-refractivity contribution in [2.45, 2.75) is 31.6 Å². The highest BCUT2D eigenvalue weighted by molar-refractivity contribution is 5.83. The van der Waals surface area contributed by atoms with Crippen molar-refractivity contribution < 1.29 is 23.9 Å². The van der Waals surface area contributed by atoms with E-state index in [0.29, 0.717) is 18.7 Å². The number of aliphatic hydroxyl groups excluding tert-OH is 1. The molecule has 1 aromatic carbocycles. The van der Waals surface area contributed by atoms with Crippen LogP contribution in [-0.2, 0) is 11.2 Å². The molecular formula is C17H21N3O5. The Hall–Kier alpha value is -2.58. The summed E-state index contributed by atoms with van der Waals surface area (Å²) in [6.07, 6.45) is -1.49. The second-order valence-corrected chi connectivity index (χ2v) is 5.95. The third-order valence-electron chi connectivity index (χ3n) is 4.08. The molecule has 1 aliphatic rings. The number of hydrogen-bond donors (Lipinski definition) is 3. The van der Waals surface area contributed by atoms with Crippen molar-refractivity contribution in [3.05, 3.63) is 41.7 Å². The molecule has 0 bridgehead atoms. The molecule has 1 aliphatic heterocycles. The molecule has 8 nitrogen and oxygen atoms in total. The summed E-state index contributed by atoms with van der Waals surface area (Å²) in [5, 5.41) is 19.5. The number of carbonyl (C=O) groups excluding carboxylic acids is 1. The van der Waals surface area contributed by atoms with Gasteiger partial charge in [0.15, 0.2) is 5.82 Å². The van der Waals surface area contributed by atoms with Gasteiger partial charge in [-0.05, 0) is 31.0 Å². The second-order valence-electron chi connectivity index (χ2n) is 5.95. The lowest BCUT2D eigenvalue weighted by Crippen LogP contribution is -2.40. The van der Waals surface area contributed by atoms with Crippen molar-refractivity contribution in [3.63, 3.8) is 0 Å². The number of anilines is 1. The van der Waals surface area contributed by atoms with Crippen LogP contribution in [0.1, 0.15) is 11.3 Å². The van der Waals surface area contributed by atoms with Crippen molar-refractivity contribution in [2.24, 2.45) is 0 Å². The van der Waals surface area contributed by atoms with Crippen LogP contribution in [0.15, 0.2) is 34.9 Å². The fourth-order valence-corrected chi connectivity index (χ4v) is 2.82. The molecule has 3 atom stereocenters. The minimum Gasteiger partial charge on any atom is -0.497 e. The maximum absolute atomic E-state index is 12.0. The maximum atomic E-state index is 12.0. The summed E-state index contributed by atoms with van der Waals surface area (Å²) in [6.45, 7) is 2.08. The van der Waals surface area contributed by atoms with Gasteiger partial charge in [0.1, 0.15) is 23.7 Å². The molecule has 0 aliphatic carbocycles. The Balaban J connectivity index is 1.60. The number of aryl methyl sites for hydroxylation is 1. The van der Waals surface area contributed by atoms with E-state index in [1.807, 2.05) is 24.3 Å². The molecule has 2 heterocycles. The first-order chi connectivity index (χ1) is 12.0. The van der Waals surface area contributed by atoms with Crippen LogP contribution in [0.5, 0.6) is 5.75 Å². The third kappa shape index (κ3) is 4.28. The Morgan fingerprint density at radius 2 is 2.20 bits per heavy atom. The van der Waals surface area contributed by atoms with Gasteiger partial charge >= 0.3 is 6.09 Å². The van der Waals surface area contributed by atoms with Crippen LogP contribution in [0.4, 0.5) is 10.6 Å². The number of hydrogen-bond acceptors (Lipinski definition) is 7. The number of carbonyl (C=O) groups is 1. The summed E-state index contributed by atoms with van der Waals surface area (Å²) < 4.78 is 15.4. The zero-order chi connectivity index (χ0) is 17.8. The van der Waals surface area contributed by atoms with Crippen LogP contribution in [0, 0.1) is 6.92 Å². The minimum atomic E-state index is -0.770. The Labute approximate surface area is 145 Å². The van der Waals surface area contributed by atoms with Crippen LogP contribution in [0.3, 0.4) is 0 Å². The fourth-order valence-electron chi connectivity index (χ4n) is 2.82. The van der Waals surface area contributed by atoms with Crippen molar-refractivity contribution in [3.8, 4) is 5.75 Å².